The summed E-state index contributed by atoms with van der Waals surface area (Å²) in [7, 11) is 3.97. The number of nitrogens with zero attached hydrogens (tertiary/aromatic N) is 4. The van der Waals surface area contributed by atoms with Crippen LogP contribution in [0.15, 0.2) is 84.0 Å². The van der Waals surface area contributed by atoms with Gasteiger partial charge < -0.3 is 4.90 Å². The lowest BCUT2D eigenvalue weighted by Gasteiger charge is -2.20. The Morgan fingerprint density at radius 3 is 2.13 bits per heavy atom. The molecule has 0 N–H and O–H groups in total. The summed E-state index contributed by atoms with van der Waals surface area (Å²) in [6.45, 7) is 0. The van der Waals surface area contributed by atoms with E-state index in [9.17, 15) is 4.79 Å². The van der Waals surface area contributed by atoms with Crippen LogP contribution >= 0.6 is 11.3 Å². The molecule has 2 aromatic carbocycles. The van der Waals surface area contributed by atoms with Gasteiger partial charge in [0.25, 0.3) is 5.56 Å². The highest BCUT2D eigenvalue weighted by molar-refractivity contribution is 7.25. The first-order chi connectivity index (χ1) is 14.6. The molecule has 5 nitrogen and oxygen atoms in total. The highest BCUT2D eigenvalue weighted by atomic mass is 32.1. The first kappa shape index (κ1) is 18.5. The van der Waals surface area contributed by atoms with Gasteiger partial charge in [-0.05, 0) is 17.2 Å². The summed E-state index contributed by atoms with van der Waals surface area (Å²) < 4.78 is 2.36. The topological polar surface area (TPSA) is 51.0 Å². The average molecular weight is 413 g/mol. The Bertz CT molecular complexity index is 1350. The van der Waals surface area contributed by atoms with Gasteiger partial charge in [-0.2, -0.15) is 0 Å². The number of benzene rings is 2. The lowest BCUT2D eigenvalue weighted by molar-refractivity contribution is 0.644. The van der Waals surface area contributed by atoms with E-state index >= 15 is 0 Å². The van der Waals surface area contributed by atoms with E-state index in [1.807, 2.05) is 85.7 Å². The van der Waals surface area contributed by atoms with Crippen LogP contribution in [0.5, 0.6) is 0 Å². The highest BCUT2D eigenvalue weighted by Gasteiger charge is 2.22. The van der Waals surface area contributed by atoms with Crippen molar-refractivity contribution in [1.29, 1.82) is 0 Å². The van der Waals surface area contributed by atoms with Crippen LogP contribution in [0.25, 0.3) is 20.4 Å². The molecule has 6 heteroatoms. The molecule has 0 unspecified atom stereocenters. The maximum Gasteiger partial charge on any atom is 0.272 e. The van der Waals surface area contributed by atoms with Gasteiger partial charge in [0.15, 0.2) is 0 Å². The molecule has 0 radical (unpaired) electrons. The fourth-order valence-electron chi connectivity index (χ4n) is 3.89. The SMILES string of the molecule is CN(C)c1ccnc2sc3c(=O)n(C(c4ccccc4)c4ccccc4)cnc3c12. The summed E-state index contributed by atoms with van der Waals surface area (Å²) in [6, 6.07) is 21.8. The first-order valence-electron chi connectivity index (χ1n) is 9.70. The largest absolute Gasteiger partial charge is 0.377 e. The number of pyridine rings is 1. The number of thiophene rings is 1. The predicted molar refractivity (Wildman–Crippen MR) is 124 cm³/mol. The Labute approximate surface area is 177 Å². The minimum Gasteiger partial charge on any atom is -0.377 e. The summed E-state index contributed by atoms with van der Waals surface area (Å²) in [5.41, 5.74) is 3.76. The Morgan fingerprint density at radius 2 is 1.53 bits per heavy atom. The lowest BCUT2D eigenvalue weighted by Crippen LogP contribution is -2.26. The van der Waals surface area contributed by atoms with Crippen molar-refractivity contribution in [3.63, 3.8) is 0 Å². The summed E-state index contributed by atoms with van der Waals surface area (Å²) in [4.78, 5) is 25.8. The molecule has 0 aliphatic carbocycles. The van der Waals surface area contributed by atoms with E-state index in [0.717, 1.165) is 27.0 Å². The van der Waals surface area contributed by atoms with E-state index in [0.29, 0.717) is 10.2 Å². The highest BCUT2D eigenvalue weighted by Crippen LogP contribution is 2.35. The quantitative estimate of drug-likeness (QED) is 0.429. The zero-order chi connectivity index (χ0) is 20.7. The van der Waals surface area contributed by atoms with Crippen LogP contribution in [0.2, 0.25) is 0 Å². The molecule has 5 rings (SSSR count). The van der Waals surface area contributed by atoms with E-state index in [4.69, 9.17) is 4.98 Å². The van der Waals surface area contributed by atoms with Gasteiger partial charge >= 0.3 is 0 Å². The Kier molecular flexibility index (Phi) is 4.56. The number of hydrogen-bond acceptors (Lipinski definition) is 5. The molecule has 0 spiro atoms. The van der Waals surface area contributed by atoms with Crippen molar-refractivity contribution in [2.75, 3.05) is 19.0 Å². The summed E-state index contributed by atoms with van der Waals surface area (Å²) in [5.74, 6) is 0. The van der Waals surface area contributed by atoms with Crippen LogP contribution in [0, 0.1) is 0 Å². The molecule has 3 heterocycles. The molecule has 5 aromatic rings. The van der Waals surface area contributed by atoms with Crippen molar-refractivity contribution in [2.24, 2.45) is 0 Å². The fourth-order valence-corrected chi connectivity index (χ4v) is 4.94. The van der Waals surface area contributed by atoms with Gasteiger partial charge in [-0.3, -0.25) is 9.36 Å². The van der Waals surface area contributed by atoms with E-state index in [2.05, 4.69) is 4.98 Å². The minimum atomic E-state index is -0.247. The number of fused-ring (bicyclic) bond motifs is 3. The zero-order valence-electron chi connectivity index (χ0n) is 16.7. The van der Waals surface area contributed by atoms with Crippen molar-refractivity contribution < 1.29 is 0 Å². The molecule has 0 bridgehead atoms. The number of rotatable bonds is 4. The second kappa shape index (κ2) is 7.39. The van der Waals surface area contributed by atoms with Gasteiger partial charge in [0.1, 0.15) is 9.53 Å². The van der Waals surface area contributed by atoms with E-state index in [1.54, 1.807) is 17.1 Å². The molecule has 0 aliphatic heterocycles. The van der Waals surface area contributed by atoms with Crippen molar-refractivity contribution in [2.45, 2.75) is 6.04 Å². The van der Waals surface area contributed by atoms with E-state index in [-0.39, 0.29) is 11.6 Å². The van der Waals surface area contributed by atoms with Gasteiger partial charge in [-0.25, -0.2) is 9.97 Å². The van der Waals surface area contributed by atoms with Crippen LogP contribution in [-0.2, 0) is 0 Å². The second-order valence-electron chi connectivity index (χ2n) is 7.37. The van der Waals surface area contributed by atoms with Gasteiger partial charge in [0, 0.05) is 20.3 Å². The van der Waals surface area contributed by atoms with Crippen molar-refractivity contribution >= 4 is 37.5 Å². The number of hydrogen-bond donors (Lipinski definition) is 0. The molecule has 0 aliphatic rings. The smallest absolute Gasteiger partial charge is 0.272 e. The fraction of sp³-hybridized carbons (Fsp3) is 0.125. The molecule has 0 saturated carbocycles. The first-order valence-corrected chi connectivity index (χ1v) is 10.5. The predicted octanol–water partition coefficient (Wildman–Crippen LogP) is 4.71. The van der Waals surface area contributed by atoms with Crippen molar-refractivity contribution in [1.82, 2.24) is 14.5 Å². The van der Waals surface area contributed by atoms with Crippen molar-refractivity contribution in [3.05, 3.63) is 101 Å². The summed E-state index contributed by atoms with van der Waals surface area (Å²) >= 11 is 1.41. The maximum absolute atomic E-state index is 13.7. The average Bonchev–Trinajstić information content (AvgIpc) is 3.17. The van der Waals surface area contributed by atoms with Crippen LogP contribution in [-0.4, -0.2) is 28.6 Å². The second-order valence-corrected chi connectivity index (χ2v) is 8.36. The molecule has 148 valence electrons. The molecule has 30 heavy (non-hydrogen) atoms. The Morgan fingerprint density at radius 1 is 0.900 bits per heavy atom. The van der Waals surface area contributed by atoms with Crippen LogP contribution < -0.4 is 10.5 Å². The van der Waals surface area contributed by atoms with E-state index in [1.165, 1.54) is 11.3 Å². The van der Waals surface area contributed by atoms with E-state index < -0.39 is 0 Å². The molecular formula is C24H20N4OS. The van der Waals surface area contributed by atoms with Crippen molar-refractivity contribution in [3.8, 4) is 0 Å². The third kappa shape index (κ3) is 2.97. The standard InChI is InChI=1S/C24H20N4OS/c1-27(2)18-13-14-25-23-19(18)20-22(30-23)24(29)28(15-26-20)21(16-9-5-3-6-10-16)17-11-7-4-8-12-17/h3-15,21H,1-2H3. The molecule has 0 amide bonds. The van der Waals surface area contributed by atoms with Gasteiger partial charge in [-0.15, -0.1) is 11.3 Å². The molecular weight excluding hydrogens is 392 g/mol. The number of aromatic nitrogens is 3. The Balaban J connectivity index is 1.79. The van der Waals surface area contributed by atoms with Gasteiger partial charge in [0.2, 0.25) is 0 Å². The molecule has 0 fully saturated rings. The number of anilines is 1. The monoisotopic (exact) mass is 412 g/mol. The molecule has 3 aromatic heterocycles. The normalized spacial score (nSPS) is 11.4. The third-order valence-corrected chi connectivity index (χ3v) is 6.35. The summed E-state index contributed by atoms with van der Waals surface area (Å²) in [5, 5.41) is 0.933. The van der Waals surface area contributed by atoms with Gasteiger partial charge in [0.05, 0.1) is 29.0 Å². The van der Waals surface area contributed by atoms with Gasteiger partial charge in [-0.1, -0.05) is 60.7 Å². The zero-order valence-corrected chi connectivity index (χ0v) is 17.5. The lowest BCUT2D eigenvalue weighted by atomic mass is 9.98. The summed E-state index contributed by atoms with van der Waals surface area (Å²) in [6.07, 6.45) is 3.45. The minimum absolute atomic E-state index is 0.0505. The third-order valence-electron chi connectivity index (χ3n) is 5.28. The molecule has 0 saturated heterocycles. The van der Waals surface area contributed by atoms with Crippen LogP contribution in [0.4, 0.5) is 5.69 Å². The van der Waals surface area contributed by atoms with Crippen LogP contribution in [0.1, 0.15) is 17.2 Å². The van der Waals surface area contributed by atoms with Crippen LogP contribution in [0.3, 0.4) is 0 Å². The molecule has 0 atom stereocenters. The Hall–Kier alpha value is -3.51. The maximum atomic E-state index is 13.7.